The van der Waals surface area contributed by atoms with Crippen LogP contribution in [0.1, 0.15) is 12.5 Å². The van der Waals surface area contributed by atoms with E-state index >= 15 is 0 Å². The maximum absolute atomic E-state index is 11.2. The van der Waals surface area contributed by atoms with Gasteiger partial charge in [0.1, 0.15) is 0 Å². The monoisotopic (exact) mass is 226 g/mol. The van der Waals surface area contributed by atoms with Gasteiger partial charge in [0.25, 0.3) is 0 Å². The molecule has 0 aliphatic carbocycles. The number of rotatable bonds is 4. The third-order valence-corrected chi connectivity index (χ3v) is 3.77. The summed E-state index contributed by atoms with van der Waals surface area (Å²) in [6.07, 6.45) is 1.71. The van der Waals surface area contributed by atoms with Gasteiger partial charge in [-0.1, -0.05) is 12.1 Å². The molecule has 0 saturated carbocycles. The van der Waals surface area contributed by atoms with Crippen molar-refractivity contribution in [3.05, 3.63) is 23.8 Å². The third kappa shape index (κ3) is 3.23. The van der Waals surface area contributed by atoms with Gasteiger partial charge in [0.05, 0.1) is 11.4 Å². The van der Waals surface area contributed by atoms with Crippen LogP contribution in [0.3, 0.4) is 0 Å². The molecule has 0 aliphatic rings. The number of aryl methyl sites for hydroxylation is 1. The van der Waals surface area contributed by atoms with Crippen LogP contribution in [0, 0.1) is 6.92 Å². The zero-order valence-electron chi connectivity index (χ0n) is 9.41. The molecular formula is C11H18N2OS. The number of hydrogen-bond donors (Lipinski definition) is 2. The second-order valence-corrected chi connectivity index (χ2v) is 5.53. The lowest BCUT2D eigenvalue weighted by molar-refractivity contribution is 0.679. The summed E-state index contributed by atoms with van der Waals surface area (Å²) < 4.78 is 11.2. The predicted molar refractivity (Wildman–Crippen MR) is 67.6 cm³/mol. The summed E-state index contributed by atoms with van der Waals surface area (Å²) in [5.41, 5.74) is 8.66. The quantitative estimate of drug-likeness (QED) is 0.769. The Bertz CT molecular complexity index is 366. The van der Waals surface area contributed by atoms with Crippen molar-refractivity contribution in [3.63, 3.8) is 0 Å². The van der Waals surface area contributed by atoms with E-state index in [9.17, 15) is 4.21 Å². The summed E-state index contributed by atoms with van der Waals surface area (Å²) in [5.74, 6) is 0. The molecule has 3 N–H and O–H groups in total. The number of benzene rings is 1. The average Bonchev–Trinajstić information content (AvgIpc) is 2.19. The smallest absolute Gasteiger partial charge is 0.0579 e. The van der Waals surface area contributed by atoms with E-state index in [-0.39, 0.29) is 5.25 Å². The molecule has 84 valence electrons. The lowest BCUT2D eigenvalue weighted by Crippen LogP contribution is -2.21. The standard InChI is InChI=1S/C11H18N2OS/c1-8-5-4-6-10(11(8)12)13-7-9(2)15(3)14/h4-6,9,13H,7,12H2,1-3H3. The molecule has 1 aromatic rings. The first-order valence-electron chi connectivity index (χ1n) is 4.93. The highest BCUT2D eigenvalue weighted by molar-refractivity contribution is 7.84. The molecule has 4 heteroatoms. The Hall–Kier alpha value is -1.03. The molecule has 2 unspecified atom stereocenters. The van der Waals surface area contributed by atoms with Crippen molar-refractivity contribution < 1.29 is 4.21 Å². The van der Waals surface area contributed by atoms with Crippen molar-refractivity contribution in [2.45, 2.75) is 19.1 Å². The number of anilines is 2. The summed E-state index contributed by atoms with van der Waals surface area (Å²) >= 11 is 0. The largest absolute Gasteiger partial charge is 0.397 e. The van der Waals surface area contributed by atoms with Gasteiger partial charge in [0.2, 0.25) is 0 Å². The summed E-state index contributed by atoms with van der Waals surface area (Å²) in [5, 5.41) is 3.35. The highest BCUT2D eigenvalue weighted by Crippen LogP contribution is 2.21. The maximum Gasteiger partial charge on any atom is 0.0579 e. The molecule has 15 heavy (non-hydrogen) atoms. The van der Waals surface area contributed by atoms with Gasteiger partial charge in [-0.15, -0.1) is 0 Å². The number of hydrogen-bond acceptors (Lipinski definition) is 3. The van der Waals surface area contributed by atoms with E-state index < -0.39 is 10.8 Å². The van der Waals surface area contributed by atoms with Crippen LogP contribution >= 0.6 is 0 Å². The molecule has 0 fully saturated rings. The summed E-state index contributed by atoms with van der Waals surface area (Å²) in [6, 6.07) is 5.87. The highest BCUT2D eigenvalue weighted by Gasteiger charge is 2.07. The van der Waals surface area contributed by atoms with Crippen LogP contribution in [0.25, 0.3) is 0 Å². The minimum Gasteiger partial charge on any atom is -0.397 e. The molecule has 1 aromatic carbocycles. The zero-order chi connectivity index (χ0) is 11.4. The molecule has 0 amide bonds. The molecule has 0 heterocycles. The van der Waals surface area contributed by atoms with Crippen LogP contribution in [0.15, 0.2) is 18.2 Å². The molecule has 0 aliphatic heterocycles. The first-order chi connectivity index (χ1) is 7.02. The molecule has 0 bridgehead atoms. The fraction of sp³-hybridized carbons (Fsp3) is 0.455. The lowest BCUT2D eigenvalue weighted by Gasteiger charge is -2.13. The molecule has 2 atom stereocenters. The van der Waals surface area contributed by atoms with Crippen molar-refractivity contribution in [1.29, 1.82) is 0 Å². The Labute approximate surface area is 93.5 Å². The molecular weight excluding hydrogens is 208 g/mol. The fourth-order valence-corrected chi connectivity index (χ4v) is 1.52. The van der Waals surface area contributed by atoms with Gasteiger partial charge in [0.15, 0.2) is 0 Å². The third-order valence-electron chi connectivity index (χ3n) is 2.47. The normalized spacial score (nSPS) is 14.6. The summed E-state index contributed by atoms with van der Waals surface area (Å²) in [4.78, 5) is 0. The van der Waals surface area contributed by atoms with Gasteiger partial charge < -0.3 is 11.1 Å². The van der Waals surface area contributed by atoms with Crippen molar-refractivity contribution in [3.8, 4) is 0 Å². The topological polar surface area (TPSA) is 55.1 Å². The van der Waals surface area contributed by atoms with Crippen molar-refractivity contribution in [1.82, 2.24) is 0 Å². The minimum absolute atomic E-state index is 0.130. The van der Waals surface area contributed by atoms with E-state index in [1.165, 1.54) is 0 Å². The van der Waals surface area contributed by atoms with Crippen LogP contribution < -0.4 is 11.1 Å². The second-order valence-electron chi connectivity index (χ2n) is 3.73. The molecule has 0 radical (unpaired) electrons. The molecule has 1 rings (SSSR count). The second kappa shape index (κ2) is 5.16. The molecule has 0 aromatic heterocycles. The first kappa shape index (κ1) is 12.0. The van der Waals surface area contributed by atoms with Crippen molar-refractivity contribution in [2.24, 2.45) is 0 Å². The van der Waals surface area contributed by atoms with Gasteiger partial charge in [-0.05, 0) is 25.5 Å². The van der Waals surface area contributed by atoms with E-state index in [4.69, 9.17) is 5.73 Å². The first-order valence-corrected chi connectivity index (χ1v) is 6.55. The van der Waals surface area contributed by atoms with Crippen molar-refractivity contribution >= 4 is 22.2 Å². The number of nitrogens with one attached hydrogen (secondary N) is 1. The highest BCUT2D eigenvalue weighted by atomic mass is 32.2. The van der Waals surface area contributed by atoms with E-state index in [2.05, 4.69) is 5.32 Å². The van der Waals surface area contributed by atoms with Gasteiger partial charge in [-0.25, -0.2) is 0 Å². The van der Waals surface area contributed by atoms with Crippen LogP contribution in [-0.4, -0.2) is 22.3 Å². The SMILES string of the molecule is Cc1cccc(NCC(C)S(C)=O)c1N. The Morgan fingerprint density at radius 2 is 2.20 bits per heavy atom. The Morgan fingerprint density at radius 1 is 1.53 bits per heavy atom. The molecule has 3 nitrogen and oxygen atoms in total. The maximum atomic E-state index is 11.2. The van der Waals surface area contributed by atoms with Gasteiger partial charge in [-0.3, -0.25) is 4.21 Å². The van der Waals surface area contributed by atoms with E-state index in [1.54, 1.807) is 6.26 Å². The summed E-state index contributed by atoms with van der Waals surface area (Å²) in [6.45, 7) is 4.60. The Morgan fingerprint density at radius 3 is 2.80 bits per heavy atom. The lowest BCUT2D eigenvalue weighted by atomic mass is 10.2. The Balaban J connectivity index is 2.66. The summed E-state index contributed by atoms with van der Waals surface area (Å²) in [7, 11) is -0.799. The number of nitrogens with two attached hydrogens (primary N) is 1. The van der Waals surface area contributed by atoms with Crippen molar-refractivity contribution in [2.75, 3.05) is 23.9 Å². The molecule has 0 saturated heterocycles. The minimum atomic E-state index is -0.799. The number of nitrogen functional groups attached to an aromatic ring is 1. The predicted octanol–water partition coefficient (Wildman–Crippen LogP) is 1.76. The van der Waals surface area contributed by atoms with E-state index in [1.807, 2.05) is 32.0 Å². The van der Waals surface area contributed by atoms with E-state index in [0.717, 1.165) is 16.9 Å². The van der Waals surface area contributed by atoms with E-state index in [0.29, 0.717) is 6.54 Å². The van der Waals surface area contributed by atoms with Crippen LogP contribution in [-0.2, 0) is 10.8 Å². The Kier molecular flexibility index (Phi) is 4.15. The van der Waals surface area contributed by atoms with Crippen LogP contribution in [0.2, 0.25) is 0 Å². The van der Waals surface area contributed by atoms with Gasteiger partial charge in [-0.2, -0.15) is 0 Å². The van der Waals surface area contributed by atoms with Gasteiger partial charge >= 0.3 is 0 Å². The van der Waals surface area contributed by atoms with Crippen LogP contribution in [0.5, 0.6) is 0 Å². The molecule has 0 spiro atoms. The zero-order valence-corrected chi connectivity index (χ0v) is 10.2. The van der Waals surface area contributed by atoms with Gasteiger partial charge in [0, 0.05) is 28.9 Å². The van der Waals surface area contributed by atoms with Crippen LogP contribution in [0.4, 0.5) is 11.4 Å². The number of para-hydroxylation sites is 1. The average molecular weight is 226 g/mol. The fourth-order valence-electron chi connectivity index (χ4n) is 1.21.